The van der Waals surface area contributed by atoms with E-state index < -0.39 is 22.0 Å². The minimum Gasteiger partial charge on any atom is -0.366 e. The number of hydrazine groups is 1. The minimum atomic E-state index is -3.27. The number of rotatable bonds is 2. The molecule has 1 aliphatic rings. The maximum atomic E-state index is 11.2. The van der Waals surface area contributed by atoms with Crippen LogP contribution >= 0.6 is 0 Å². The molecular weight excluding hydrogens is 210 g/mol. The molecule has 0 aromatic rings. The maximum absolute atomic E-state index is 11.2. The molecule has 14 heavy (non-hydrogen) atoms. The van der Waals surface area contributed by atoms with Crippen LogP contribution in [0.25, 0.3) is 0 Å². The van der Waals surface area contributed by atoms with Gasteiger partial charge in [0.25, 0.3) is 5.91 Å². The average Bonchev–Trinajstić information content (AvgIpc) is 2.15. The number of hydrogen-bond acceptors (Lipinski definition) is 5. The summed E-state index contributed by atoms with van der Waals surface area (Å²) in [5.41, 5.74) is 1.92. The number of amides is 1. The molecule has 1 amide bonds. The molecule has 1 atom stereocenters. The monoisotopic (exact) mass is 223 g/mol. The molecule has 0 aliphatic carbocycles. The first-order valence-corrected chi connectivity index (χ1v) is 5.87. The van der Waals surface area contributed by atoms with Gasteiger partial charge in [-0.25, -0.2) is 14.3 Å². The highest BCUT2D eigenvalue weighted by Crippen LogP contribution is 2.08. The van der Waals surface area contributed by atoms with Crippen molar-refractivity contribution in [3.8, 4) is 0 Å². The van der Waals surface area contributed by atoms with E-state index in [0.29, 0.717) is 0 Å². The summed E-state index contributed by atoms with van der Waals surface area (Å²) in [6.07, 6.45) is 0.277. The van der Waals surface area contributed by atoms with Crippen molar-refractivity contribution in [2.24, 2.45) is 5.84 Å². The maximum Gasteiger partial charge on any atom is 0.264 e. The highest BCUT2D eigenvalue weighted by atomic mass is 32.2. The molecule has 0 aromatic heterocycles. The van der Waals surface area contributed by atoms with E-state index >= 15 is 0 Å². The van der Waals surface area contributed by atoms with Crippen molar-refractivity contribution >= 4 is 15.9 Å². The second-order valence-corrected chi connectivity index (χ2v) is 4.97. The summed E-state index contributed by atoms with van der Waals surface area (Å²) in [5.74, 6) is 4.39. The van der Waals surface area contributed by atoms with Crippen molar-refractivity contribution in [3.05, 3.63) is 0 Å². The number of sulfonamides is 1. The summed E-state index contributed by atoms with van der Waals surface area (Å²) in [4.78, 5) is 11.1. The summed E-state index contributed by atoms with van der Waals surface area (Å²) >= 11 is 0. The number of nitrogens with two attached hydrogens (primary N) is 1. The minimum absolute atomic E-state index is 0.0157. The second kappa shape index (κ2) is 4.22. The van der Waals surface area contributed by atoms with Crippen molar-refractivity contribution < 1.29 is 17.9 Å². The number of hydrogen-bond donors (Lipinski definition) is 2. The number of carbonyl (C=O) groups is 1. The van der Waals surface area contributed by atoms with Gasteiger partial charge in [0.2, 0.25) is 10.0 Å². The lowest BCUT2D eigenvalue weighted by molar-refractivity contribution is -0.136. The summed E-state index contributed by atoms with van der Waals surface area (Å²) < 4.78 is 28.5. The highest BCUT2D eigenvalue weighted by Gasteiger charge is 2.30. The lowest BCUT2D eigenvalue weighted by atomic mass is 10.3. The van der Waals surface area contributed by atoms with E-state index in [1.165, 1.54) is 4.31 Å². The number of carbonyl (C=O) groups excluding carboxylic acids is 1. The smallest absolute Gasteiger partial charge is 0.264 e. The average molecular weight is 223 g/mol. The van der Waals surface area contributed by atoms with E-state index in [-0.39, 0.29) is 19.7 Å². The molecule has 1 saturated heterocycles. The first-order valence-electron chi connectivity index (χ1n) is 4.02. The molecule has 8 heteroatoms. The summed E-state index contributed by atoms with van der Waals surface area (Å²) in [6.45, 7) is 0.486. The van der Waals surface area contributed by atoms with Gasteiger partial charge in [-0.05, 0) is 0 Å². The second-order valence-electron chi connectivity index (χ2n) is 2.99. The van der Waals surface area contributed by atoms with Crippen LogP contribution in [0.1, 0.15) is 0 Å². The van der Waals surface area contributed by atoms with Gasteiger partial charge in [0, 0.05) is 13.1 Å². The number of nitrogens with one attached hydrogen (secondary N) is 1. The Kier molecular flexibility index (Phi) is 3.43. The van der Waals surface area contributed by atoms with Crippen molar-refractivity contribution in [2.45, 2.75) is 6.10 Å². The summed E-state index contributed by atoms with van der Waals surface area (Å²) in [5, 5.41) is 0. The van der Waals surface area contributed by atoms with E-state index in [0.717, 1.165) is 6.26 Å². The van der Waals surface area contributed by atoms with Crippen molar-refractivity contribution in [1.29, 1.82) is 0 Å². The molecule has 82 valence electrons. The van der Waals surface area contributed by atoms with Gasteiger partial charge in [0.05, 0.1) is 12.9 Å². The highest BCUT2D eigenvalue weighted by molar-refractivity contribution is 7.88. The zero-order valence-corrected chi connectivity index (χ0v) is 8.58. The van der Waals surface area contributed by atoms with E-state index in [9.17, 15) is 13.2 Å². The molecule has 1 heterocycles. The zero-order valence-electron chi connectivity index (χ0n) is 7.76. The number of nitrogens with zero attached hydrogens (tertiary/aromatic N) is 1. The predicted octanol–water partition coefficient (Wildman–Crippen LogP) is -2.36. The molecule has 0 spiro atoms. The summed E-state index contributed by atoms with van der Waals surface area (Å²) in [7, 11) is -3.27. The van der Waals surface area contributed by atoms with Gasteiger partial charge in [0.1, 0.15) is 0 Å². The fraction of sp³-hybridized carbons (Fsp3) is 0.833. The van der Waals surface area contributed by atoms with Crippen LogP contribution in [0, 0.1) is 0 Å². The number of morpholine rings is 1. The van der Waals surface area contributed by atoms with Gasteiger partial charge >= 0.3 is 0 Å². The van der Waals surface area contributed by atoms with Crippen LogP contribution in [0.15, 0.2) is 0 Å². The Morgan fingerprint density at radius 1 is 1.64 bits per heavy atom. The molecule has 1 fully saturated rings. The van der Waals surface area contributed by atoms with Crippen molar-refractivity contribution in [3.63, 3.8) is 0 Å². The van der Waals surface area contributed by atoms with Crippen LogP contribution in [0.3, 0.4) is 0 Å². The third kappa shape index (κ3) is 2.64. The Morgan fingerprint density at radius 2 is 2.29 bits per heavy atom. The fourth-order valence-electron chi connectivity index (χ4n) is 1.18. The first-order chi connectivity index (χ1) is 6.45. The van der Waals surface area contributed by atoms with Gasteiger partial charge in [-0.3, -0.25) is 10.2 Å². The Balaban J connectivity index is 2.65. The van der Waals surface area contributed by atoms with E-state index in [4.69, 9.17) is 10.6 Å². The van der Waals surface area contributed by atoms with Crippen LogP contribution in [0.4, 0.5) is 0 Å². The van der Waals surface area contributed by atoms with Crippen molar-refractivity contribution in [1.82, 2.24) is 9.73 Å². The zero-order chi connectivity index (χ0) is 10.8. The van der Waals surface area contributed by atoms with Gasteiger partial charge in [-0.15, -0.1) is 0 Å². The lowest BCUT2D eigenvalue weighted by Gasteiger charge is -2.29. The summed E-state index contributed by atoms with van der Waals surface area (Å²) in [6, 6.07) is 0. The van der Waals surface area contributed by atoms with E-state index in [1.54, 1.807) is 0 Å². The quantitative estimate of drug-likeness (QED) is 0.310. The topological polar surface area (TPSA) is 102 Å². The van der Waals surface area contributed by atoms with Crippen LogP contribution in [-0.2, 0) is 19.6 Å². The van der Waals surface area contributed by atoms with Crippen LogP contribution in [0.5, 0.6) is 0 Å². The third-order valence-electron chi connectivity index (χ3n) is 1.93. The van der Waals surface area contributed by atoms with Crippen molar-refractivity contribution in [2.75, 3.05) is 26.0 Å². The molecular formula is C6H13N3O4S. The van der Waals surface area contributed by atoms with Gasteiger partial charge < -0.3 is 4.74 Å². The normalized spacial score (nSPS) is 24.6. The predicted molar refractivity (Wildman–Crippen MR) is 48.5 cm³/mol. The van der Waals surface area contributed by atoms with Crippen LogP contribution < -0.4 is 11.3 Å². The molecule has 0 saturated carbocycles. The molecule has 0 unspecified atom stereocenters. The molecule has 0 aromatic carbocycles. The Hall–Kier alpha value is -0.700. The van der Waals surface area contributed by atoms with E-state index in [1.807, 2.05) is 5.43 Å². The number of ether oxygens (including phenoxy) is 1. The third-order valence-corrected chi connectivity index (χ3v) is 3.20. The van der Waals surface area contributed by atoms with Crippen LogP contribution in [-0.4, -0.2) is 50.7 Å². The molecule has 0 radical (unpaired) electrons. The molecule has 1 rings (SSSR count). The van der Waals surface area contributed by atoms with E-state index in [2.05, 4.69) is 0 Å². The lowest BCUT2D eigenvalue weighted by Crippen LogP contribution is -2.52. The standard InChI is InChI=1S/C6H13N3O4S/c1-14(11,12)9-2-3-13-5(4-9)6(10)8-7/h5H,2-4,7H2,1H3,(H,8,10)/t5-/m0/s1. The Labute approximate surface area is 82.2 Å². The molecule has 7 nitrogen and oxygen atoms in total. The van der Waals surface area contributed by atoms with Gasteiger partial charge in [0.15, 0.2) is 6.10 Å². The first kappa shape index (κ1) is 11.4. The van der Waals surface area contributed by atoms with Gasteiger partial charge in [-0.2, -0.15) is 4.31 Å². The molecule has 3 N–H and O–H groups in total. The Bertz CT molecular complexity index is 315. The largest absolute Gasteiger partial charge is 0.366 e. The molecule has 1 aliphatic heterocycles. The SMILES string of the molecule is CS(=O)(=O)N1CCO[C@H](C(=O)NN)C1. The fourth-order valence-corrected chi connectivity index (χ4v) is 1.99. The van der Waals surface area contributed by atoms with Crippen LogP contribution in [0.2, 0.25) is 0 Å². The Morgan fingerprint density at radius 3 is 2.79 bits per heavy atom. The molecule has 0 bridgehead atoms. The van der Waals surface area contributed by atoms with Gasteiger partial charge in [-0.1, -0.05) is 0 Å².